The SMILES string of the molecule is O=C(NCc1ccc(Cn2ccnc2)cc1)c1ccc(CNC(=O)C23CC4CC(CC(C4)C2)C3)cc1. The topological polar surface area (TPSA) is 76.0 Å². The van der Waals surface area contributed by atoms with Crippen LogP contribution in [0.4, 0.5) is 0 Å². The molecule has 0 unspecified atom stereocenters. The fourth-order valence-corrected chi connectivity index (χ4v) is 7.17. The molecule has 2 aromatic carbocycles. The monoisotopic (exact) mass is 482 g/mol. The summed E-state index contributed by atoms with van der Waals surface area (Å²) in [5, 5.41) is 6.23. The van der Waals surface area contributed by atoms with E-state index in [0.29, 0.717) is 18.7 Å². The van der Waals surface area contributed by atoms with Gasteiger partial charge in [0.05, 0.1) is 6.33 Å². The zero-order chi connectivity index (χ0) is 24.5. The second kappa shape index (κ2) is 9.57. The van der Waals surface area contributed by atoms with Crippen molar-refractivity contribution in [2.75, 3.05) is 0 Å². The van der Waals surface area contributed by atoms with Crippen molar-refractivity contribution in [1.82, 2.24) is 20.2 Å². The lowest BCUT2D eigenvalue weighted by Crippen LogP contribution is -2.53. The molecule has 2 N–H and O–H groups in total. The van der Waals surface area contributed by atoms with Gasteiger partial charge in [0.1, 0.15) is 0 Å². The molecule has 1 heterocycles. The molecule has 0 aliphatic heterocycles. The first-order valence-electron chi connectivity index (χ1n) is 13.2. The number of carbonyl (C=O) groups is 2. The van der Waals surface area contributed by atoms with Crippen molar-refractivity contribution in [2.45, 2.75) is 58.2 Å². The van der Waals surface area contributed by atoms with Gasteiger partial charge < -0.3 is 15.2 Å². The van der Waals surface area contributed by atoms with E-state index >= 15 is 0 Å². The highest BCUT2D eigenvalue weighted by atomic mass is 16.2. The maximum atomic E-state index is 13.2. The van der Waals surface area contributed by atoms with E-state index < -0.39 is 0 Å². The third-order valence-electron chi connectivity index (χ3n) is 8.59. The smallest absolute Gasteiger partial charge is 0.251 e. The van der Waals surface area contributed by atoms with Crippen LogP contribution in [-0.2, 0) is 24.4 Å². The number of carbonyl (C=O) groups excluding carboxylic acids is 2. The summed E-state index contributed by atoms with van der Waals surface area (Å²) in [6, 6.07) is 15.8. The standard InChI is InChI=1S/C30H34N4O2/c35-28(32-17-21-1-3-23(4-2-21)19-34-10-9-31-20-34)27-7-5-22(6-8-27)18-33-29(36)30-14-24-11-25(15-30)13-26(12-24)16-30/h1-10,20,24-26H,11-19H2,(H,32,35)(H,33,36). The molecule has 4 aliphatic carbocycles. The van der Waals surface area contributed by atoms with Gasteiger partial charge in [-0.05, 0) is 85.1 Å². The molecule has 4 fully saturated rings. The fraction of sp³-hybridized carbons (Fsp3) is 0.433. The van der Waals surface area contributed by atoms with Gasteiger partial charge in [-0.1, -0.05) is 36.4 Å². The molecule has 6 heteroatoms. The third-order valence-corrected chi connectivity index (χ3v) is 8.59. The van der Waals surface area contributed by atoms with Crippen LogP contribution in [0.15, 0.2) is 67.3 Å². The minimum atomic E-state index is -0.119. The van der Waals surface area contributed by atoms with Crippen LogP contribution < -0.4 is 10.6 Å². The van der Waals surface area contributed by atoms with E-state index in [1.807, 2.05) is 47.2 Å². The summed E-state index contributed by atoms with van der Waals surface area (Å²) in [5.41, 5.74) is 3.78. The Labute approximate surface area is 212 Å². The van der Waals surface area contributed by atoms with Crippen molar-refractivity contribution in [3.63, 3.8) is 0 Å². The van der Waals surface area contributed by atoms with Gasteiger partial charge in [0.25, 0.3) is 5.91 Å². The summed E-state index contributed by atoms with van der Waals surface area (Å²) in [4.78, 5) is 29.9. The van der Waals surface area contributed by atoms with Gasteiger partial charge in [0.2, 0.25) is 5.91 Å². The number of aromatic nitrogens is 2. The third kappa shape index (κ3) is 4.81. The van der Waals surface area contributed by atoms with Crippen molar-refractivity contribution in [1.29, 1.82) is 0 Å². The van der Waals surface area contributed by atoms with Gasteiger partial charge >= 0.3 is 0 Å². The zero-order valence-electron chi connectivity index (χ0n) is 20.7. The number of imidazole rings is 1. The average Bonchev–Trinajstić information content (AvgIpc) is 3.39. The second-order valence-corrected chi connectivity index (χ2v) is 11.3. The highest BCUT2D eigenvalue weighted by Crippen LogP contribution is 2.60. The van der Waals surface area contributed by atoms with Gasteiger partial charge in [0, 0.05) is 43.0 Å². The van der Waals surface area contributed by atoms with E-state index in [4.69, 9.17) is 0 Å². The molecule has 0 atom stereocenters. The Balaban J connectivity index is 0.984. The normalized spacial score (nSPS) is 26.1. The molecule has 4 aliphatic rings. The molecule has 0 radical (unpaired) electrons. The predicted octanol–water partition coefficient (Wildman–Crippen LogP) is 4.69. The zero-order valence-corrected chi connectivity index (χ0v) is 20.7. The predicted molar refractivity (Wildman–Crippen MR) is 138 cm³/mol. The van der Waals surface area contributed by atoms with Crippen LogP contribution in [0.2, 0.25) is 0 Å². The van der Waals surface area contributed by atoms with E-state index in [1.54, 1.807) is 12.5 Å². The van der Waals surface area contributed by atoms with E-state index in [9.17, 15) is 9.59 Å². The van der Waals surface area contributed by atoms with Crippen LogP contribution in [0.5, 0.6) is 0 Å². The number of hydrogen-bond acceptors (Lipinski definition) is 3. The Bertz CT molecular complexity index is 1180. The van der Waals surface area contributed by atoms with Crippen molar-refractivity contribution >= 4 is 11.8 Å². The van der Waals surface area contributed by atoms with Crippen LogP contribution >= 0.6 is 0 Å². The number of amides is 2. The van der Waals surface area contributed by atoms with Crippen molar-refractivity contribution in [2.24, 2.45) is 23.2 Å². The first-order valence-corrected chi connectivity index (χ1v) is 13.2. The number of hydrogen-bond donors (Lipinski definition) is 2. The lowest BCUT2D eigenvalue weighted by Gasteiger charge is -2.55. The molecule has 0 saturated heterocycles. The molecule has 2 amide bonds. The summed E-state index contributed by atoms with van der Waals surface area (Å²) in [6.45, 7) is 1.78. The maximum Gasteiger partial charge on any atom is 0.251 e. The van der Waals surface area contributed by atoms with Gasteiger partial charge in [-0.15, -0.1) is 0 Å². The van der Waals surface area contributed by atoms with E-state index in [1.165, 1.54) is 24.8 Å². The molecule has 4 bridgehead atoms. The van der Waals surface area contributed by atoms with Gasteiger partial charge in [-0.3, -0.25) is 9.59 Å². The lowest BCUT2D eigenvalue weighted by molar-refractivity contribution is -0.146. The van der Waals surface area contributed by atoms with Crippen LogP contribution in [0.1, 0.15) is 65.6 Å². The summed E-state index contributed by atoms with van der Waals surface area (Å²) in [7, 11) is 0. The highest BCUT2D eigenvalue weighted by molar-refractivity contribution is 5.94. The molecule has 3 aromatic rings. The lowest BCUT2D eigenvalue weighted by atomic mass is 9.49. The van der Waals surface area contributed by atoms with Crippen LogP contribution in [0, 0.1) is 23.2 Å². The quantitative estimate of drug-likeness (QED) is 0.489. The van der Waals surface area contributed by atoms with Crippen molar-refractivity contribution < 1.29 is 9.59 Å². The Morgan fingerprint density at radius 3 is 1.94 bits per heavy atom. The molecule has 7 rings (SSSR count). The van der Waals surface area contributed by atoms with Gasteiger partial charge in [0.15, 0.2) is 0 Å². The molecule has 1 aromatic heterocycles. The second-order valence-electron chi connectivity index (χ2n) is 11.3. The van der Waals surface area contributed by atoms with E-state index in [0.717, 1.165) is 54.7 Å². The summed E-state index contributed by atoms with van der Waals surface area (Å²) in [5.74, 6) is 2.45. The molecule has 186 valence electrons. The number of rotatable bonds is 8. The first kappa shape index (κ1) is 23.0. The van der Waals surface area contributed by atoms with E-state index in [-0.39, 0.29) is 17.2 Å². The maximum absolute atomic E-state index is 13.2. The van der Waals surface area contributed by atoms with Crippen LogP contribution in [-0.4, -0.2) is 21.4 Å². The van der Waals surface area contributed by atoms with Crippen LogP contribution in [0.3, 0.4) is 0 Å². The minimum absolute atomic E-state index is 0.0957. The highest BCUT2D eigenvalue weighted by Gasteiger charge is 2.54. The molecular formula is C30H34N4O2. The van der Waals surface area contributed by atoms with Crippen LogP contribution in [0.25, 0.3) is 0 Å². The molecule has 6 nitrogen and oxygen atoms in total. The van der Waals surface area contributed by atoms with Gasteiger partial charge in [-0.2, -0.15) is 0 Å². The summed E-state index contributed by atoms with van der Waals surface area (Å²) in [6.07, 6.45) is 12.8. The Morgan fingerprint density at radius 1 is 0.806 bits per heavy atom. The molecule has 4 saturated carbocycles. The Kier molecular flexibility index (Phi) is 6.12. The molecule has 36 heavy (non-hydrogen) atoms. The largest absolute Gasteiger partial charge is 0.352 e. The first-order chi connectivity index (χ1) is 17.5. The average molecular weight is 483 g/mol. The Hall–Kier alpha value is -3.41. The van der Waals surface area contributed by atoms with Crippen molar-refractivity contribution in [3.05, 3.63) is 89.5 Å². The molecule has 0 spiro atoms. The number of benzene rings is 2. The minimum Gasteiger partial charge on any atom is -0.352 e. The molecular weight excluding hydrogens is 448 g/mol. The Morgan fingerprint density at radius 2 is 1.36 bits per heavy atom. The summed E-state index contributed by atoms with van der Waals surface area (Å²) < 4.78 is 2.02. The number of nitrogens with one attached hydrogen (secondary N) is 2. The van der Waals surface area contributed by atoms with Gasteiger partial charge in [-0.25, -0.2) is 4.98 Å². The fourth-order valence-electron chi connectivity index (χ4n) is 7.17. The number of nitrogens with zero attached hydrogens (tertiary/aromatic N) is 2. The van der Waals surface area contributed by atoms with Crippen molar-refractivity contribution in [3.8, 4) is 0 Å². The van der Waals surface area contributed by atoms with E-state index in [2.05, 4.69) is 27.8 Å². The summed E-state index contributed by atoms with van der Waals surface area (Å²) >= 11 is 0.